The molecule has 1 aromatic rings. The summed E-state index contributed by atoms with van der Waals surface area (Å²) in [5.74, 6) is -0.0240. The number of hydrogen-bond donors (Lipinski definition) is 3. The first-order chi connectivity index (χ1) is 11.4. The van der Waals surface area contributed by atoms with Crippen molar-refractivity contribution in [3.05, 3.63) is 28.8 Å². The van der Waals surface area contributed by atoms with Crippen LogP contribution in [0.5, 0.6) is 0 Å². The third-order valence-electron chi connectivity index (χ3n) is 4.67. The van der Waals surface area contributed by atoms with E-state index >= 15 is 0 Å². The van der Waals surface area contributed by atoms with E-state index in [1.54, 1.807) is 30.0 Å². The molecule has 2 aliphatic rings. The van der Waals surface area contributed by atoms with Crippen molar-refractivity contribution in [1.29, 1.82) is 0 Å². The third kappa shape index (κ3) is 2.89. The number of nitrogens with zero attached hydrogens (tertiary/aromatic N) is 1. The molecule has 2 atom stereocenters. The van der Waals surface area contributed by atoms with Gasteiger partial charge in [0.05, 0.1) is 16.3 Å². The lowest BCUT2D eigenvalue weighted by molar-refractivity contribution is -0.0102. The number of hydrogen-bond acceptors (Lipinski definition) is 5. The molecule has 1 heterocycles. The van der Waals surface area contributed by atoms with Gasteiger partial charge in [-0.05, 0) is 37.8 Å². The molecular weight excluding hydrogens is 334 g/mol. The van der Waals surface area contributed by atoms with Crippen LogP contribution in [0.4, 0.5) is 10.5 Å². The molecule has 1 aliphatic carbocycles. The number of primary amides is 1. The van der Waals surface area contributed by atoms with E-state index in [2.05, 4.69) is 5.32 Å². The van der Waals surface area contributed by atoms with Gasteiger partial charge in [0.25, 0.3) is 5.91 Å². The van der Waals surface area contributed by atoms with Crippen molar-refractivity contribution in [2.45, 2.75) is 38.1 Å². The van der Waals surface area contributed by atoms with Gasteiger partial charge in [-0.25, -0.2) is 4.79 Å². The second kappa shape index (κ2) is 6.49. The van der Waals surface area contributed by atoms with Crippen LogP contribution in [0.1, 0.15) is 30.1 Å². The first-order valence-corrected chi connectivity index (χ1v) is 8.24. The fraction of sp³-hybridized carbons (Fsp3) is 0.500. The predicted molar refractivity (Wildman–Crippen MR) is 88.8 cm³/mol. The SMILES string of the molecule is CC(OC(N)=O)C1Nc2cccc(Cl)c2C(=O)N1C1CC(CO)C1. The van der Waals surface area contributed by atoms with Gasteiger partial charge in [-0.2, -0.15) is 0 Å². The number of carbonyl (C=O) groups excluding carboxylic acids is 2. The Balaban J connectivity index is 1.93. The van der Waals surface area contributed by atoms with Crippen LogP contribution in [0.15, 0.2) is 18.2 Å². The number of aliphatic hydroxyl groups is 1. The molecule has 130 valence electrons. The molecule has 7 nitrogen and oxygen atoms in total. The molecule has 1 aliphatic heterocycles. The molecule has 24 heavy (non-hydrogen) atoms. The summed E-state index contributed by atoms with van der Waals surface area (Å²) in [7, 11) is 0. The highest BCUT2D eigenvalue weighted by molar-refractivity contribution is 6.34. The van der Waals surface area contributed by atoms with Crippen LogP contribution in [0, 0.1) is 5.92 Å². The maximum absolute atomic E-state index is 13.0. The fourth-order valence-electron chi connectivity index (χ4n) is 3.41. The lowest BCUT2D eigenvalue weighted by Gasteiger charge is -2.49. The molecule has 0 aromatic heterocycles. The summed E-state index contributed by atoms with van der Waals surface area (Å²) in [6.07, 6.45) is -0.671. The number of nitrogens with one attached hydrogen (secondary N) is 1. The number of amides is 2. The van der Waals surface area contributed by atoms with Gasteiger partial charge in [-0.1, -0.05) is 17.7 Å². The fourth-order valence-corrected chi connectivity index (χ4v) is 3.66. The van der Waals surface area contributed by atoms with Crippen molar-refractivity contribution in [1.82, 2.24) is 4.90 Å². The Kier molecular flexibility index (Phi) is 4.56. The van der Waals surface area contributed by atoms with Gasteiger partial charge in [-0.15, -0.1) is 0 Å². The van der Waals surface area contributed by atoms with Crippen molar-refractivity contribution in [3.8, 4) is 0 Å². The van der Waals surface area contributed by atoms with Crippen molar-refractivity contribution in [2.24, 2.45) is 11.7 Å². The molecule has 8 heteroatoms. The second-order valence-electron chi connectivity index (χ2n) is 6.28. The molecule has 3 rings (SSSR count). The van der Waals surface area contributed by atoms with Crippen LogP contribution in [0.3, 0.4) is 0 Å². The zero-order valence-electron chi connectivity index (χ0n) is 13.2. The molecule has 1 fully saturated rings. The van der Waals surface area contributed by atoms with Gasteiger partial charge < -0.3 is 25.8 Å². The van der Waals surface area contributed by atoms with E-state index in [1.807, 2.05) is 0 Å². The van der Waals surface area contributed by atoms with Crippen LogP contribution < -0.4 is 11.1 Å². The van der Waals surface area contributed by atoms with Crippen molar-refractivity contribution < 1.29 is 19.4 Å². The predicted octanol–water partition coefficient (Wildman–Crippen LogP) is 1.79. The number of anilines is 1. The van der Waals surface area contributed by atoms with Crippen molar-refractivity contribution in [3.63, 3.8) is 0 Å². The summed E-state index contributed by atoms with van der Waals surface area (Å²) in [6, 6.07) is 5.13. The Labute approximate surface area is 144 Å². The summed E-state index contributed by atoms with van der Waals surface area (Å²) >= 11 is 6.20. The number of halogens is 1. The average molecular weight is 354 g/mol. The number of aliphatic hydroxyl groups excluding tert-OH is 1. The van der Waals surface area contributed by atoms with Crippen molar-refractivity contribution in [2.75, 3.05) is 11.9 Å². The number of fused-ring (bicyclic) bond motifs is 1. The van der Waals surface area contributed by atoms with Gasteiger partial charge >= 0.3 is 6.09 Å². The minimum atomic E-state index is -0.893. The van der Waals surface area contributed by atoms with Crippen LogP contribution in [0.25, 0.3) is 0 Å². The zero-order chi connectivity index (χ0) is 17.4. The van der Waals surface area contributed by atoms with E-state index in [1.165, 1.54) is 0 Å². The van der Waals surface area contributed by atoms with E-state index in [-0.39, 0.29) is 24.5 Å². The summed E-state index contributed by atoms with van der Waals surface area (Å²) in [4.78, 5) is 25.8. The van der Waals surface area contributed by atoms with Crippen LogP contribution >= 0.6 is 11.6 Å². The molecule has 1 aromatic carbocycles. The van der Waals surface area contributed by atoms with Crippen LogP contribution in [-0.2, 0) is 4.74 Å². The minimum absolute atomic E-state index is 0.0458. The minimum Gasteiger partial charge on any atom is -0.442 e. The molecule has 0 bridgehead atoms. The number of rotatable bonds is 4. The van der Waals surface area contributed by atoms with Crippen LogP contribution in [0.2, 0.25) is 5.02 Å². The van der Waals surface area contributed by atoms with Gasteiger partial charge in [-0.3, -0.25) is 4.79 Å². The van der Waals surface area contributed by atoms with Crippen LogP contribution in [-0.4, -0.2) is 46.9 Å². The highest BCUT2D eigenvalue weighted by atomic mass is 35.5. The molecule has 2 amide bonds. The van der Waals surface area contributed by atoms with Gasteiger partial charge in [0.15, 0.2) is 0 Å². The second-order valence-corrected chi connectivity index (χ2v) is 6.69. The number of ether oxygens (including phenoxy) is 1. The Morgan fingerprint density at radius 1 is 1.54 bits per heavy atom. The van der Waals surface area contributed by atoms with Gasteiger partial charge in [0.1, 0.15) is 12.3 Å². The maximum atomic E-state index is 13.0. The largest absolute Gasteiger partial charge is 0.442 e. The monoisotopic (exact) mass is 353 g/mol. The highest BCUT2D eigenvalue weighted by Crippen LogP contribution is 2.39. The first kappa shape index (κ1) is 16.9. The third-order valence-corrected chi connectivity index (χ3v) is 4.99. The topological polar surface area (TPSA) is 105 Å². The standard InChI is InChI=1S/C16H20ClN3O4/c1-8(24-16(18)23)14-19-12-4-2-3-11(17)13(12)15(22)20(14)10-5-9(6-10)7-21/h2-4,8-10,14,19,21H,5-7H2,1H3,(H2,18,23). The van der Waals surface area contributed by atoms with Crippen molar-refractivity contribution >= 4 is 29.3 Å². The molecular formula is C16H20ClN3O4. The summed E-state index contributed by atoms with van der Waals surface area (Å²) in [6.45, 7) is 1.78. The molecule has 1 saturated carbocycles. The van der Waals surface area contributed by atoms with E-state index in [0.717, 1.165) is 0 Å². The summed E-state index contributed by atoms with van der Waals surface area (Å²) in [5, 5.41) is 12.8. The average Bonchev–Trinajstić information content (AvgIpc) is 2.47. The first-order valence-electron chi connectivity index (χ1n) is 7.87. The van der Waals surface area contributed by atoms with E-state index in [0.29, 0.717) is 29.1 Å². The van der Waals surface area contributed by atoms with E-state index in [4.69, 9.17) is 22.1 Å². The molecule has 0 spiro atoms. The Morgan fingerprint density at radius 3 is 2.88 bits per heavy atom. The lowest BCUT2D eigenvalue weighted by Crippen LogP contribution is -2.61. The summed E-state index contributed by atoms with van der Waals surface area (Å²) in [5.41, 5.74) is 6.13. The Hall–Kier alpha value is -1.99. The van der Waals surface area contributed by atoms with E-state index < -0.39 is 18.4 Å². The van der Waals surface area contributed by atoms with Gasteiger partial charge in [0.2, 0.25) is 0 Å². The molecule has 2 unspecified atom stereocenters. The molecule has 4 N–H and O–H groups in total. The number of benzene rings is 1. The normalized spacial score (nSPS) is 26.9. The molecule has 0 saturated heterocycles. The van der Waals surface area contributed by atoms with Gasteiger partial charge in [0, 0.05) is 12.6 Å². The quantitative estimate of drug-likeness (QED) is 0.765. The maximum Gasteiger partial charge on any atom is 0.404 e. The van der Waals surface area contributed by atoms with E-state index in [9.17, 15) is 14.7 Å². The summed E-state index contributed by atoms with van der Waals surface area (Å²) < 4.78 is 5.09. The lowest BCUT2D eigenvalue weighted by atomic mass is 9.79. The number of carbonyl (C=O) groups is 2. The smallest absolute Gasteiger partial charge is 0.404 e. The molecule has 0 radical (unpaired) electrons. The zero-order valence-corrected chi connectivity index (χ0v) is 14.0. The Bertz CT molecular complexity index is 663. The highest BCUT2D eigenvalue weighted by Gasteiger charge is 2.45. The Morgan fingerprint density at radius 2 is 2.25 bits per heavy atom. The number of nitrogens with two attached hydrogens (primary N) is 1.